The van der Waals surface area contributed by atoms with Gasteiger partial charge in [-0.3, -0.25) is 0 Å². The SMILES string of the molecule is CCN(Cc1cccs1)c1ccc(S(N)(=O)=O)c(C(F)(F)F)c1. The van der Waals surface area contributed by atoms with Gasteiger partial charge in [-0.2, -0.15) is 13.2 Å². The van der Waals surface area contributed by atoms with Gasteiger partial charge in [0.2, 0.25) is 10.0 Å². The van der Waals surface area contributed by atoms with Crippen LogP contribution in [0.2, 0.25) is 0 Å². The van der Waals surface area contributed by atoms with Crippen LogP contribution in [0.1, 0.15) is 17.4 Å². The fourth-order valence-electron chi connectivity index (χ4n) is 2.16. The summed E-state index contributed by atoms with van der Waals surface area (Å²) in [6.45, 7) is 2.73. The molecule has 1 heterocycles. The molecule has 0 radical (unpaired) electrons. The first kappa shape index (κ1) is 17.8. The fourth-order valence-corrected chi connectivity index (χ4v) is 3.62. The molecule has 2 aromatic rings. The Bertz CT molecular complexity index is 772. The lowest BCUT2D eigenvalue weighted by Gasteiger charge is -2.24. The van der Waals surface area contributed by atoms with Crippen molar-refractivity contribution in [1.82, 2.24) is 0 Å². The van der Waals surface area contributed by atoms with Gasteiger partial charge in [0, 0.05) is 17.1 Å². The summed E-state index contributed by atoms with van der Waals surface area (Å²) in [5.74, 6) is 0. The van der Waals surface area contributed by atoms with Crippen molar-refractivity contribution in [2.45, 2.75) is 24.5 Å². The molecule has 1 aromatic heterocycles. The number of thiophene rings is 1. The minimum absolute atomic E-state index is 0.292. The predicted molar refractivity (Wildman–Crippen MR) is 83.9 cm³/mol. The van der Waals surface area contributed by atoms with Crippen LogP contribution in [0.3, 0.4) is 0 Å². The Morgan fingerprint density at radius 2 is 1.96 bits per heavy atom. The summed E-state index contributed by atoms with van der Waals surface area (Å²) in [5, 5.41) is 6.77. The first-order chi connectivity index (χ1) is 10.6. The molecule has 0 unspecified atom stereocenters. The van der Waals surface area contributed by atoms with Crippen LogP contribution in [0.5, 0.6) is 0 Å². The van der Waals surface area contributed by atoms with Crippen LogP contribution in [0.4, 0.5) is 18.9 Å². The molecule has 0 spiro atoms. The second kappa shape index (κ2) is 6.50. The van der Waals surface area contributed by atoms with Crippen LogP contribution < -0.4 is 10.0 Å². The molecule has 23 heavy (non-hydrogen) atoms. The maximum absolute atomic E-state index is 13.2. The lowest BCUT2D eigenvalue weighted by molar-refractivity contribution is -0.139. The highest BCUT2D eigenvalue weighted by atomic mass is 32.2. The van der Waals surface area contributed by atoms with E-state index in [9.17, 15) is 21.6 Å². The Balaban J connectivity index is 2.47. The average molecular weight is 364 g/mol. The van der Waals surface area contributed by atoms with E-state index in [0.29, 0.717) is 18.8 Å². The van der Waals surface area contributed by atoms with Gasteiger partial charge >= 0.3 is 6.18 Å². The maximum atomic E-state index is 13.2. The largest absolute Gasteiger partial charge is 0.417 e. The van der Waals surface area contributed by atoms with E-state index in [1.807, 2.05) is 24.4 Å². The van der Waals surface area contributed by atoms with Gasteiger partial charge in [-0.1, -0.05) is 6.07 Å². The van der Waals surface area contributed by atoms with Gasteiger partial charge < -0.3 is 4.90 Å². The minimum atomic E-state index is -4.81. The van der Waals surface area contributed by atoms with Gasteiger partial charge in [-0.15, -0.1) is 11.3 Å². The molecular formula is C14H15F3N2O2S2. The second-order valence-corrected chi connectivity index (χ2v) is 7.38. The number of nitrogens with two attached hydrogens (primary N) is 1. The molecule has 1 aromatic carbocycles. The summed E-state index contributed by atoms with van der Waals surface area (Å²) in [6, 6.07) is 6.82. The van der Waals surface area contributed by atoms with Crippen LogP contribution >= 0.6 is 11.3 Å². The van der Waals surface area contributed by atoms with E-state index in [0.717, 1.165) is 17.0 Å². The number of benzene rings is 1. The highest BCUT2D eigenvalue weighted by molar-refractivity contribution is 7.89. The van der Waals surface area contributed by atoms with Crippen molar-refractivity contribution < 1.29 is 21.6 Å². The van der Waals surface area contributed by atoms with Gasteiger partial charge in [0.1, 0.15) is 0 Å². The molecule has 0 aliphatic rings. The Kier molecular flexibility index (Phi) is 5.02. The topological polar surface area (TPSA) is 63.4 Å². The number of halogens is 3. The third-order valence-corrected chi connectivity index (χ3v) is 5.08. The monoisotopic (exact) mass is 364 g/mol. The van der Waals surface area contributed by atoms with E-state index in [4.69, 9.17) is 5.14 Å². The lowest BCUT2D eigenvalue weighted by Crippen LogP contribution is -2.24. The van der Waals surface area contributed by atoms with E-state index in [-0.39, 0.29) is 0 Å². The standard InChI is InChI=1S/C14H15F3N2O2S2/c1-2-19(9-11-4-3-7-22-11)10-5-6-13(23(18,20)21)12(8-10)14(15,16)17/h3-8H,2,9H2,1H3,(H2,18,20,21). The van der Waals surface area contributed by atoms with Gasteiger partial charge in [0.05, 0.1) is 17.0 Å². The normalized spacial score (nSPS) is 12.4. The van der Waals surface area contributed by atoms with Crippen molar-refractivity contribution >= 4 is 27.0 Å². The quantitative estimate of drug-likeness (QED) is 0.884. The molecule has 0 aliphatic carbocycles. The van der Waals surface area contributed by atoms with Crippen LogP contribution in [0.15, 0.2) is 40.6 Å². The molecule has 0 saturated heterocycles. The fraction of sp³-hybridized carbons (Fsp3) is 0.286. The highest BCUT2D eigenvalue weighted by Gasteiger charge is 2.37. The van der Waals surface area contributed by atoms with Crippen LogP contribution in [-0.2, 0) is 22.7 Å². The molecule has 0 amide bonds. The van der Waals surface area contributed by atoms with E-state index in [1.165, 1.54) is 17.4 Å². The zero-order valence-corrected chi connectivity index (χ0v) is 13.8. The van der Waals surface area contributed by atoms with Crippen LogP contribution in [0, 0.1) is 0 Å². The second-order valence-electron chi connectivity index (χ2n) is 4.82. The van der Waals surface area contributed by atoms with Gasteiger partial charge in [-0.25, -0.2) is 13.6 Å². The van der Waals surface area contributed by atoms with Crippen molar-refractivity contribution in [3.05, 3.63) is 46.2 Å². The Labute approximate surface area is 136 Å². The zero-order valence-electron chi connectivity index (χ0n) is 12.2. The number of hydrogen-bond acceptors (Lipinski definition) is 4. The Hall–Kier alpha value is -1.58. The third kappa shape index (κ3) is 4.24. The summed E-state index contributed by atoms with van der Waals surface area (Å²) in [5.41, 5.74) is -0.956. The Morgan fingerprint density at radius 1 is 1.26 bits per heavy atom. The average Bonchev–Trinajstić information content (AvgIpc) is 2.95. The third-order valence-electron chi connectivity index (χ3n) is 3.25. The molecule has 0 aliphatic heterocycles. The van der Waals surface area contributed by atoms with Crippen molar-refractivity contribution in [3.63, 3.8) is 0 Å². The van der Waals surface area contributed by atoms with E-state index in [1.54, 1.807) is 4.90 Å². The number of hydrogen-bond donors (Lipinski definition) is 1. The predicted octanol–water partition coefficient (Wildman–Crippen LogP) is 3.44. The zero-order chi connectivity index (χ0) is 17.3. The van der Waals surface area contributed by atoms with Crippen LogP contribution in [-0.4, -0.2) is 15.0 Å². The molecule has 2 rings (SSSR count). The highest BCUT2D eigenvalue weighted by Crippen LogP contribution is 2.36. The van der Waals surface area contributed by atoms with Gasteiger partial charge in [-0.05, 0) is 36.6 Å². The summed E-state index contributed by atoms with van der Waals surface area (Å²) in [4.78, 5) is 1.81. The van der Waals surface area contributed by atoms with E-state index in [2.05, 4.69) is 0 Å². The molecule has 0 atom stereocenters. The van der Waals surface area contributed by atoms with Gasteiger partial charge in [0.25, 0.3) is 0 Å². The number of rotatable bonds is 5. The summed E-state index contributed by atoms with van der Waals surface area (Å²) >= 11 is 1.50. The van der Waals surface area contributed by atoms with Crippen molar-refractivity contribution in [2.24, 2.45) is 5.14 Å². The van der Waals surface area contributed by atoms with Crippen molar-refractivity contribution in [2.75, 3.05) is 11.4 Å². The first-order valence-corrected chi connectivity index (χ1v) is 9.07. The van der Waals surface area contributed by atoms with Gasteiger partial charge in [0.15, 0.2) is 0 Å². The molecule has 0 bridgehead atoms. The summed E-state index contributed by atoms with van der Waals surface area (Å²) < 4.78 is 62.2. The number of primary sulfonamides is 1. The number of sulfonamides is 1. The molecular weight excluding hydrogens is 349 g/mol. The smallest absolute Gasteiger partial charge is 0.367 e. The number of nitrogens with zero attached hydrogens (tertiary/aromatic N) is 1. The van der Waals surface area contributed by atoms with E-state index >= 15 is 0 Å². The molecule has 4 nitrogen and oxygen atoms in total. The molecule has 2 N–H and O–H groups in total. The lowest BCUT2D eigenvalue weighted by atomic mass is 10.1. The maximum Gasteiger partial charge on any atom is 0.417 e. The molecule has 9 heteroatoms. The first-order valence-electron chi connectivity index (χ1n) is 6.64. The number of anilines is 1. The van der Waals surface area contributed by atoms with Crippen molar-refractivity contribution in [1.29, 1.82) is 0 Å². The van der Waals surface area contributed by atoms with Crippen LogP contribution in [0.25, 0.3) is 0 Å². The Morgan fingerprint density at radius 3 is 2.43 bits per heavy atom. The van der Waals surface area contributed by atoms with Crippen molar-refractivity contribution in [3.8, 4) is 0 Å². The molecule has 0 fully saturated rings. The summed E-state index contributed by atoms with van der Waals surface area (Å²) in [6.07, 6.45) is -4.81. The number of alkyl halides is 3. The minimum Gasteiger partial charge on any atom is -0.367 e. The molecule has 0 saturated carbocycles. The van der Waals surface area contributed by atoms with E-state index < -0.39 is 26.7 Å². The summed E-state index contributed by atoms with van der Waals surface area (Å²) in [7, 11) is -4.45. The molecule has 126 valence electrons.